The molecule has 2 rings (SSSR count). The van der Waals surface area contributed by atoms with Crippen molar-refractivity contribution in [1.82, 2.24) is 5.32 Å². The Morgan fingerprint density at radius 1 is 1.38 bits per heavy atom. The second kappa shape index (κ2) is 8.09. The number of carbonyl (C=O) groups excluding carboxylic acids is 1. The van der Waals surface area contributed by atoms with Gasteiger partial charge >= 0.3 is 0 Å². The number of rotatable bonds is 5. The molecule has 0 aromatic heterocycles. The van der Waals surface area contributed by atoms with Gasteiger partial charge in [0.25, 0.3) is 0 Å². The third kappa shape index (κ3) is 4.78. The molecule has 1 aliphatic rings. The van der Waals surface area contributed by atoms with E-state index in [1.807, 2.05) is 24.3 Å². The van der Waals surface area contributed by atoms with Gasteiger partial charge in [0.2, 0.25) is 5.91 Å². The summed E-state index contributed by atoms with van der Waals surface area (Å²) in [6.07, 6.45) is 4.83. The molecule has 1 fully saturated rings. The number of nitrogens with one attached hydrogen (secondary N) is 1. The fourth-order valence-corrected chi connectivity index (χ4v) is 3.63. The Labute approximate surface area is 131 Å². The van der Waals surface area contributed by atoms with Gasteiger partial charge in [0.05, 0.1) is 17.4 Å². The molecule has 21 heavy (non-hydrogen) atoms. The summed E-state index contributed by atoms with van der Waals surface area (Å²) in [6.45, 7) is 2.22. The van der Waals surface area contributed by atoms with Gasteiger partial charge in [0, 0.05) is 11.8 Å². The smallest absolute Gasteiger partial charge is 0.230 e. The summed E-state index contributed by atoms with van der Waals surface area (Å²) in [7, 11) is 0. The Morgan fingerprint density at radius 2 is 2.14 bits per heavy atom. The van der Waals surface area contributed by atoms with Crippen LogP contribution in [-0.2, 0) is 10.5 Å². The maximum Gasteiger partial charge on any atom is 0.230 e. The van der Waals surface area contributed by atoms with Gasteiger partial charge in [-0.3, -0.25) is 4.79 Å². The first-order chi connectivity index (χ1) is 10.2. The summed E-state index contributed by atoms with van der Waals surface area (Å²) in [5.41, 5.74) is 1.70. The molecular formula is C17H22N2OS. The van der Waals surface area contributed by atoms with E-state index in [1.54, 1.807) is 11.8 Å². The fraction of sp³-hybridized carbons (Fsp3) is 0.529. The van der Waals surface area contributed by atoms with E-state index < -0.39 is 0 Å². The zero-order chi connectivity index (χ0) is 15.1. The predicted octanol–water partition coefficient (Wildman–Crippen LogP) is 3.49. The van der Waals surface area contributed by atoms with Crippen molar-refractivity contribution < 1.29 is 4.79 Å². The van der Waals surface area contributed by atoms with Crippen LogP contribution < -0.4 is 5.32 Å². The molecule has 0 spiro atoms. The van der Waals surface area contributed by atoms with Crippen LogP contribution in [0.5, 0.6) is 0 Å². The molecule has 3 nitrogen and oxygen atoms in total. The lowest BCUT2D eigenvalue weighted by Crippen LogP contribution is -2.41. The first-order valence-electron chi connectivity index (χ1n) is 7.56. The summed E-state index contributed by atoms with van der Waals surface area (Å²) in [5.74, 6) is 1.88. The van der Waals surface area contributed by atoms with Crippen LogP contribution in [0, 0.1) is 17.2 Å². The zero-order valence-electron chi connectivity index (χ0n) is 12.5. The molecule has 0 radical (unpaired) electrons. The van der Waals surface area contributed by atoms with Gasteiger partial charge in [-0.1, -0.05) is 38.0 Å². The second-order valence-electron chi connectivity index (χ2n) is 5.70. The van der Waals surface area contributed by atoms with Gasteiger partial charge in [-0.25, -0.2) is 0 Å². The average Bonchev–Trinajstić information content (AvgIpc) is 2.50. The van der Waals surface area contributed by atoms with Gasteiger partial charge in [-0.15, -0.1) is 11.8 Å². The van der Waals surface area contributed by atoms with Crippen molar-refractivity contribution in [2.75, 3.05) is 5.75 Å². The Balaban J connectivity index is 1.75. The van der Waals surface area contributed by atoms with Crippen molar-refractivity contribution in [3.05, 3.63) is 35.4 Å². The van der Waals surface area contributed by atoms with Crippen LogP contribution in [-0.4, -0.2) is 17.7 Å². The second-order valence-corrected chi connectivity index (χ2v) is 6.68. The van der Waals surface area contributed by atoms with E-state index in [0.29, 0.717) is 29.0 Å². The molecule has 112 valence electrons. The zero-order valence-corrected chi connectivity index (χ0v) is 13.3. The number of thioether (sulfide) groups is 1. The van der Waals surface area contributed by atoms with Crippen molar-refractivity contribution in [1.29, 1.82) is 5.26 Å². The number of nitriles is 1. The Bertz CT molecular complexity index is 524. The van der Waals surface area contributed by atoms with Crippen LogP contribution in [0.15, 0.2) is 24.3 Å². The SMILES string of the molecule is C[C@@H]1CCCC[C@H]1NC(=O)CSCc1ccccc1C#N. The van der Waals surface area contributed by atoms with Crippen molar-refractivity contribution in [3.63, 3.8) is 0 Å². The van der Waals surface area contributed by atoms with Gasteiger partial charge < -0.3 is 5.32 Å². The van der Waals surface area contributed by atoms with Crippen molar-refractivity contribution in [2.45, 2.75) is 44.4 Å². The number of nitrogens with zero attached hydrogens (tertiary/aromatic N) is 1. The summed E-state index contributed by atoms with van der Waals surface area (Å²) >= 11 is 1.57. The first kappa shape index (κ1) is 15.9. The minimum Gasteiger partial charge on any atom is -0.352 e. The topological polar surface area (TPSA) is 52.9 Å². The van der Waals surface area contributed by atoms with Crippen molar-refractivity contribution in [3.8, 4) is 6.07 Å². The molecule has 0 aliphatic heterocycles. The normalized spacial score (nSPS) is 21.5. The largest absolute Gasteiger partial charge is 0.352 e. The maximum atomic E-state index is 12.0. The minimum absolute atomic E-state index is 0.119. The van der Waals surface area contributed by atoms with Crippen LogP contribution in [0.25, 0.3) is 0 Å². The number of hydrogen-bond donors (Lipinski definition) is 1. The Kier molecular flexibility index (Phi) is 6.13. The third-order valence-corrected chi connectivity index (χ3v) is 5.07. The highest BCUT2D eigenvalue weighted by Crippen LogP contribution is 2.24. The van der Waals surface area contributed by atoms with Crippen LogP contribution >= 0.6 is 11.8 Å². The molecule has 1 aromatic rings. The predicted molar refractivity (Wildman–Crippen MR) is 86.9 cm³/mol. The van der Waals surface area contributed by atoms with E-state index in [4.69, 9.17) is 5.26 Å². The molecule has 0 bridgehead atoms. The first-order valence-corrected chi connectivity index (χ1v) is 8.71. The van der Waals surface area contributed by atoms with E-state index in [2.05, 4.69) is 18.3 Å². The molecule has 1 N–H and O–H groups in total. The molecule has 0 heterocycles. The average molecular weight is 302 g/mol. The number of hydrogen-bond acceptors (Lipinski definition) is 3. The summed E-state index contributed by atoms with van der Waals surface area (Å²) in [4.78, 5) is 12.0. The van der Waals surface area contributed by atoms with E-state index in [-0.39, 0.29) is 5.91 Å². The van der Waals surface area contributed by atoms with Gasteiger partial charge in [0.1, 0.15) is 0 Å². The Hall–Kier alpha value is -1.47. The van der Waals surface area contributed by atoms with Gasteiger partial charge in [0.15, 0.2) is 0 Å². The number of benzene rings is 1. The van der Waals surface area contributed by atoms with E-state index in [0.717, 1.165) is 12.0 Å². The number of carbonyl (C=O) groups is 1. The summed E-state index contributed by atoms with van der Waals surface area (Å²) in [6, 6.07) is 10.1. The molecule has 0 unspecified atom stereocenters. The quantitative estimate of drug-likeness (QED) is 0.906. The van der Waals surface area contributed by atoms with Crippen LogP contribution in [0.2, 0.25) is 0 Å². The molecule has 1 aliphatic carbocycles. The molecule has 4 heteroatoms. The highest BCUT2D eigenvalue weighted by molar-refractivity contribution is 7.99. The van der Waals surface area contributed by atoms with E-state index >= 15 is 0 Å². The van der Waals surface area contributed by atoms with Crippen LogP contribution in [0.1, 0.15) is 43.7 Å². The number of amides is 1. The van der Waals surface area contributed by atoms with Crippen molar-refractivity contribution in [2.24, 2.45) is 5.92 Å². The highest BCUT2D eigenvalue weighted by atomic mass is 32.2. The van der Waals surface area contributed by atoms with Crippen LogP contribution in [0.4, 0.5) is 0 Å². The van der Waals surface area contributed by atoms with E-state index in [9.17, 15) is 4.79 Å². The third-order valence-electron chi connectivity index (χ3n) is 4.09. The van der Waals surface area contributed by atoms with Gasteiger partial charge in [-0.05, 0) is 30.4 Å². The summed E-state index contributed by atoms with van der Waals surface area (Å²) in [5, 5.41) is 12.2. The molecule has 1 saturated carbocycles. The fourth-order valence-electron chi connectivity index (χ4n) is 2.79. The molecule has 0 saturated heterocycles. The lowest BCUT2D eigenvalue weighted by Gasteiger charge is -2.29. The molecular weight excluding hydrogens is 280 g/mol. The van der Waals surface area contributed by atoms with Crippen molar-refractivity contribution >= 4 is 17.7 Å². The lowest BCUT2D eigenvalue weighted by atomic mass is 9.86. The molecule has 2 atom stereocenters. The van der Waals surface area contributed by atoms with Crippen LogP contribution in [0.3, 0.4) is 0 Å². The van der Waals surface area contributed by atoms with Gasteiger partial charge in [-0.2, -0.15) is 5.26 Å². The lowest BCUT2D eigenvalue weighted by molar-refractivity contribution is -0.119. The molecule has 1 aromatic carbocycles. The minimum atomic E-state index is 0.119. The Morgan fingerprint density at radius 3 is 2.90 bits per heavy atom. The van der Waals surface area contributed by atoms with E-state index in [1.165, 1.54) is 19.3 Å². The standard InChI is InChI=1S/C17H22N2OS/c1-13-6-2-5-9-16(13)19-17(20)12-21-11-15-8-4-3-7-14(15)10-18/h3-4,7-8,13,16H,2,5-6,9,11-12H2,1H3,(H,19,20)/t13-,16-/m1/s1. The highest BCUT2D eigenvalue weighted by Gasteiger charge is 2.22. The molecule has 1 amide bonds. The summed E-state index contributed by atoms with van der Waals surface area (Å²) < 4.78 is 0. The maximum absolute atomic E-state index is 12.0. The monoisotopic (exact) mass is 302 g/mol.